The largest absolute Gasteiger partial charge is 0.462 e. The summed E-state index contributed by atoms with van der Waals surface area (Å²) in [5.74, 6) is -0.0793. The molecular weight excluding hydrogens is 260 g/mol. The standard InChI is InChI=1S/C7H14N2O2.C5H10O2.C2H6/c1-5(10)8-6-3-9(2)4-7(6)11;1-5(2,3)7-4-6;1-2/h6-7,11H,3-4H2,1-2H3,(H,8,10);4H,1-3H3;1-2H3. The van der Waals surface area contributed by atoms with Crippen LogP contribution in [0.15, 0.2) is 0 Å². The van der Waals surface area contributed by atoms with Crippen LogP contribution in [-0.4, -0.2) is 60.3 Å². The van der Waals surface area contributed by atoms with Gasteiger partial charge in [-0.1, -0.05) is 13.8 Å². The highest BCUT2D eigenvalue weighted by Crippen LogP contribution is 2.06. The second-order valence-electron chi connectivity index (χ2n) is 5.42. The summed E-state index contributed by atoms with van der Waals surface area (Å²) in [6.07, 6.45) is -0.413. The van der Waals surface area contributed by atoms with E-state index < -0.39 is 6.10 Å². The zero-order valence-corrected chi connectivity index (χ0v) is 13.8. The maximum atomic E-state index is 10.6. The molecular formula is C14H30N2O4. The lowest BCUT2D eigenvalue weighted by Gasteiger charge is -2.14. The summed E-state index contributed by atoms with van der Waals surface area (Å²) in [4.78, 5) is 22.2. The summed E-state index contributed by atoms with van der Waals surface area (Å²) in [5, 5.41) is 12.0. The Kier molecular flexibility index (Phi) is 11.2. The third-order valence-corrected chi connectivity index (χ3v) is 2.26. The molecule has 0 aromatic carbocycles. The number of likely N-dealkylation sites (tertiary alicyclic amines) is 1. The normalized spacial score (nSPS) is 21.8. The van der Waals surface area contributed by atoms with Crippen molar-refractivity contribution >= 4 is 12.4 Å². The number of β-amino-alcohol motifs (C(OH)–C–C–N with tert-alkyl or cyclic N) is 1. The predicted octanol–water partition coefficient (Wildman–Crippen LogP) is 0.781. The fourth-order valence-electron chi connectivity index (χ4n) is 1.53. The molecule has 0 spiro atoms. The van der Waals surface area contributed by atoms with Crippen LogP contribution >= 0.6 is 0 Å². The van der Waals surface area contributed by atoms with Gasteiger partial charge in [0.05, 0.1) is 12.1 Å². The summed E-state index contributed by atoms with van der Waals surface area (Å²) in [5.41, 5.74) is -0.318. The number of nitrogens with zero attached hydrogens (tertiary/aromatic N) is 1. The van der Waals surface area contributed by atoms with Crippen molar-refractivity contribution in [1.29, 1.82) is 0 Å². The van der Waals surface area contributed by atoms with E-state index in [0.717, 1.165) is 6.54 Å². The molecule has 1 heterocycles. The number of carbonyl (C=O) groups is 2. The minimum Gasteiger partial charge on any atom is -0.462 e. The van der Waals surface area contributed by atoms with Crippen molar-refractivity contribution in [3.8, 4) is 0 Å². The van der Waals surface area contributed by atoms with Crippen molar-refractivity contribution in [3.63, 3.8) is 0 Å². The number of hydrogen-bond acceptors (Lipinski definition) is 5. The predicted molar refractivity (Wildman–Crippen MR) is 79.4 cm³/mol. The summed E-state index contributed by atoms with van der Waals surface area (Å²) in [6, 6.07) is -0.0856. The maximum Gasteiger partial charge on any atom is 0.293 e. The van der Waals surface area contributed by atoms with Gasteiger partial charge >= 0.3 is 0 Å². The molecule has 1 amide bonds. The van der Waals surface area contributed by atoms with Crippen LogP contribution in [0, 0.1) is 0 Å². The van der Waals surface area contributed by atoms with Gasteiger partial charge in [0, 0.05) is 20.0 Å². The molecule has 2 unspecified atom stereocenters. The molecule has 2 atom stereocenters. The zero-order valence-electron chi connectivity index (χ0n) is 13.8. The molecule has 120 valence electrons. The molecule has 2 N–H and O–H groups in total. The Bertz CT molecular complexity index is 277. The molecule has 0 radical (unpaired) electrons. The number of nitrogens with one attached hydrogen (secondary N) is 1. The van der Waals surface area contributed by atoms with Gasteiger partial charge in [0.1, 0.15) is 5.60 Å². The van der Waals surface area contributed by atoms with Gasteiger partial charge in [0.2, 0.25) is 5.91 Å². The molecule has 20 heavy (non-hydrogen) atoms. The molecule has 1 rings (SSSR count). The van der Waals surface area contributed by atoms with Crippen LogP contribution in [0.25, 0.3) is 0 Å². The fraction of sp³-hybridized carbons (Fsp3) is 0.857. The lowest BCUT2D eigenvalue weighted by molar-refractivity contribution is -0.138. The first-order valence-corrected chi connectivity index (χ1v) is 6.91. The van der Waals surface area contributed by atoms with Crippen LogP contribution in [-0.2, 0) is 14.3 Å². The van der Waals surface area contributed by atoms with E-state index in [0.29, 0.717) is 13.0 Å². The molecule has 6 heteroatoms. The molecule has 0 aromatic rings. The molecule has 1 aliphatic heterocycles. The van der Waals surface area contributed by atoms with Crippen LogP contribution in [0.4, 0.5) is 0 Å². The first kappa shape index (κ1) is 21.2. The monoisotopic (exact) mass is 290 g/mol. The highest BCUT2D eigenvalue weighted by atomic mass is 16.5. The Hall–Kier alpha value is -1.14. The molecule has 0 aliphatic carbocycles. The zero-order chi connectivity index (χ0) is 16.3. The fourth-order valence-corrected chi connectivity index (χ4v) is 1.53. The van der Waals surface area contributed by atoms with Gasteiger partial charge in [-0.3, -0.25) is 9.59 Å². The number of carbonyl (C=O) groups excluding carboxylic acids is 2. The second kappa shape index (κ2) is 10.6. The van der Waals surface area contributed by atoms with Crippen molar-refractivity contribution in [3.05, 3.63) is 0 Å². The maximum absolute atomic E-state index is 10.6. The Morgan fingerprint density at radius 1 is 1.35 bits per heavy atom. The highest BCUT2D eigenvalue weighted by molar-refractivity contribution is 5.73. The van der Waals surface area contributed by atoms with Gasteiger partial charge in [-0.05, 0) is 27.8 Å². The van der Waals surface area contributed by atoms with Gasteiger partial charge in [0.25, 0.3) is 6.47 Å². The number of amides is 1. The van der Waals surface area contributed by atoms with Crippen molar-refractivity contribution in [2.45, 2.75) is 59.3 Å². The number of likely N-dealkylation sites (N-methyl/N-ethyl adjacent to an activating group) is 1. The van der Waals surface area contributed by atoms with Gasteiger partial charge in [0.15, 0.2) is 0 Å². The summed E-state index contributed by atoms with van der Waals surface area (Å²) >= 11 is 0. The Labute approximate surface area is 122 Å². The smallest absolute Gasteiger partial charge is 0.293 e. The Morgan fingerprint density at radius 2 is 1.85 bits per heavy atom. The van der Waals surface area contributed by atoms with Gasteiger partial charge in [-0.2, -0.15) is 0 Å². The third-order valence-electron chi connectivity index (χ3n) is 2.26. The van der Waals surface area contributed by atoms with Crippen molar-refractivity contribution in [2.75, 3.05) is 20.1 Å². The molecule has 0 aromatic heterocycles. The summed E-state index contributed by atoms with van der Waals surface area (Å²) in [6.45, 7) is 12.8. The van der Waals surface area contributed by atoms with Crippen molar-refractivity contribution in [1.82, 2.24) is 10.2 Å². The summed E-state index contributed by atoms with van der Waals surface area (Å²) < 4.78 is 4.55. The van der Waals surface area contributed by atoms with E-state index in [-0.39, 0.29) is 17.6 Å². The Balaban J connectivity index is 0. The molecule has 0 bridgehead atoms. The highest BCUT2D eigenvalue weighted by Gasteiger charge is 2.29. The molecule has 1 saturated heterocycles. The first-order chi connectivity index (χ1) is 9.15. The molecule has 1 aliphatic rings. The van der Waals surface area contributed by atoms with E-state index in [1.54, 1.807) is 0 Å². The van der Waals surface area contributed by atoms with E-state index in [4.69, 9.17) is 0 Å². The summed E-state index contributed by atoms with van der Waals surface area (Å²) in [7, 11) is 1.92. The minimum atomic E-state index is -0.413. The first-order valence-electron chi connectivity index (χ1n) is 6.91. The van der Waals surface area contributed by atoms with Crippen molar-refractivity contribution in [2.24, 2.45) is 0 Å². The minimum absolute atomic E-state index is 0.0793. The van der Waals surface area contributed by atoms with Crippen LogP contribution in [0.1, 0.15) is 41.5 Å². The van der Waals surface area contributed by atoms with Crippen LogP contribution in [0.3, 0.4) is 0 Å². The van der Waals surface area contributed by atoms with E-state index in [2.05, 4.69) is 10.1 Å². The van der Waals surface area contributed by atoms with Gasteiger partial charge in [-0.25, -0.2) is 0 Å². The van der Waals surface area contributed by atoms with Crippen LogP contribution < -0.4 is 5.32 Å². The van der Waals surface area contributed by atoms with Crippen molar-refractivity contribution < 1.29 is 19.4 Å². The lowest BCUT2D eigenvalue weighted by Crippen LogP contribution is -2.41. The third kappa shape index (κ3) is 11.9. The number of hydrogen-bond donors (Lipinski definition) is 2. The van der Waals surface area contributed by atoms with Crippen LogP contribution in [0.2, 0.25) is 0 Å². The molecule has 1 fully saturated rings. The average Bonchev–Trinajstić information content (AvgIpc) is 2.58. The van der Waals surface area contributed by atoms with Gasteiger partial charge < -0.3 is 20.1 Å². The van der Waals surface area contributed by atoms with Crippen LogP contribution in [0.5, 0.6) is 0 Å². The number of ether oxygens (including phenoxy) is 1. The van der Waals surface area contributed by atoms with E-state index >= 15 is 0 Å². The van der Waals surface area contributed by atoms with E-state index in [1.165, 1.54) is 6.92 Å². The number of aliphatic hydroxyl groups excluding tert-OH is 1. The van der Waals surface area contributed by atoms with E-state index in [1.807, 2.05) is 46.6 Å². The molecule has 0 saturated carbocycles. The molecule has 6 nitrogen and oxygen atoms in total. The topological polar surface area (TPSA) is 78.9 Å². The second-order valence-corrected chi connectivity index (χ2v) is 5.42. The SMILES string of the molecule is CC.CC(=O)NC1CN(C)CC1O.CC(C)(C)OC=O. The number of rotatable bonds is 2. The van der Waals surface area contributed by atoms with Gasteiger partial charge in [-0.15, -0.1) is 0 Å². The lowest BCUT2D eigenvalue weighted by atomic mass is 10.2. The number of aliphatic hydroxyl groups is 1. The Morgan fingerprint density at radius 3 is 2.05 bits per heavy atom. The average molecular weight is 290 g/mol. The van der Waals surface area contributed by atoms with E-state index in [9.17, 15) is 14.7 Å². The quantitative estimate of drug-likeness (QED) is 0.735.